The molecule has 7 nitrogen and oxygen atoms in total. The third kappa shape index (κ3) is 4.25. The van der Waals surface area contributed by atoms with Gasteiger partial charge in [0.2, 0.25) is 4.77 Å². The Labute approximate surface area is 174 Å². The molecule has 29 heavy (non-hydrogen) atoms. The van der Waals surface area contributed by atoms with Gasteiger partial charge in [-0.05, 0) is 42.5 Å². The minimum Gasteiger partial charge on any atom is -0.457 e. The molecule has 0 unspecified atom stereocenters. The fraction of sp³-hybridized carbons (Fsp3) is 0.0526. The molecule has 2 heterocycles. The van der Waals surface area contributed by atoms with E-state index >= 15 is 0 Å². The van der Waals surface area contributed by atoms with Gasteiger partial charge in [-0.25, -0.2) is 9.49 Å². The summed E-state index contributed by atoms with van der Waals surface area (Å²) in [6.07, 6.45) is 3.17. The van der Waals surface area contributed by atoms with E-state index in [9.17, 15) is 4.39 Å². The number of H-pyrrole nitrogens is 2. The van der Waals surface area contributed by atoms with E-state index in [1.54, 1.807) is 30.6 Å². The van der Waals surface area contributed by atoms with Gasteiger partial charge in [0.1, 0.15) is 12.4 Å². The molecule has 4 rings (SSSR count). The molecule has 2 N–H and O–H groups in total. The van der Waals surface area contributed by atoms with E-state index in [2.05, 4.69) is 25.5 Å². The van der Waals surface area contributed by atoms with Crippen molar-refractivity contribution in [3.63, 3.8) is 0 Å². The van der Waals surface area contributed by atoms with Gasteiger partial charge in [0.25, 0.3) is 0 Å². The van der Waals surface area contributed by atoms with Crippen molar-refractivity contribution in [2.24, 2.45) is 5.10 Å². The molecule has 0 spiro atoms. The van der Waals surface area contributed by atoms with Crippen molar-refractivity contribution in [2.75, 3.05) is 0 Å². The number of aromatic nitrogens is 5. The molecule has 0 bridgehead atoms. The monoisotopic (exact) mass is 428 g/mol. The van der Waals surface area contributed by atoms with Gasteiger partial charge in [-0.2, -0.15) is 14.9 Å². The Kier molecular flexibility index (Phi) is 5.50. The van der Waals surface area contributed by atoms with Crippen LogP contribution in [-0.4, -0.2) is 31.3 Å². The molecule has 2 aromatic heterocycles. The molecule has 0 saturated heterocycles. The highest BCUT2D eigenvalue weighted by molar-refractivity contribution is 7.71. The molecular weight excluding hydrogens is 415 g/mol. The molecule has 0 atom stereocenters. The van der Waals surface area contributed by atoms with E-state index in [4.69, 9.17) is 28.6 Å². The number of benzene rings is 2. The zero-order chi connectivity index (χ0) is 20.2. The highest BCUT2D eigenvalue weighted by atomic mass is 35.5. The predicted molar refractivity (Wildman–Crippen MR) is 110 cm³/mol. The Morgan fingerprint density at radius 2 is 1.97 bits per heavy atom. The van der Waals surface area contributed by atoms with Gasteiger partial charge in [0.05, 0.1) is 18.1 Å². The van der Waals surface area contributed by atoms with Crippen LogP contribution in [0.25, 0.3) is 11.3 Å². The van der Waals surface area contributed by atoms with Crippen LogP contribution in [0.1, 0.15) is 11.1 Å². The zero-order valence-corrected chi connectivity index (χ0v) is 16.4. The summed E-state index contributed by atoms with van der Waals surface area (Å²) in [5, 5.41) is 18.6. The summed E-state index contributed by atoms with van der Waals surface area (Å²) in [7, 11) is 0. The first-order valence-corrected chi connectivity index (χ1v) is 9.28. The van der Waals surface area contributed by atoms with Crippen molar-refractivity contribution >= 4 is 30.0 Å². The number of rotatable bonds is 6. The first-order chi connectivity index (χ1) is 14.1. The molecule has 0 aliphatic carbocycles. The fourth-order valence-corrected chi connectivity index (χ4v) is 2.95. The van der Waals surface area contributed by atoms with Gasteiger partial charge < -0.3 is 4.74 Å². The van der Waals surface area contributed by atoms with E-state index in [0.717, 1.165) is 11.1 Å². The third-order valence-electron chi connectivity index (χ3n) is 4.05. The summed E-state index contributed by atoms with van der Waals surface area (Å²) in [6.45, 7) is 0.210. The lowest BCUT2D eigenvalue weighted by atomic mass is 10.1. The van der Waals surface area contributed by atoms with Crippen LogP contribution < -0.4 is 4.74 Å². The van der Waals surface area contributed by atoms with Crippen molar-refractivity contribution < 1.29 is 9.13 Å². The fourth-order valence-electron chi connectivity index (χ4n) is 2.59. The molecule has 0 radical (unpaired) electrons. The second kappa shape index (κ2) is 8.38. The summed E-state index contributed by atoms with van der Waals surface area (Å²) < 4.78 is 20.5. The number of aromatic amines is 2. The molecule has 2 aromatic carbocycles. The van der Waals surface area contributed by atoms with Gasteiger partial charge in [-0.15, -0.1) is 5.10 Å². The smallest absolute Gasteiger partial charge is 0.337 e. The third-order valence-corrected chi connectivity index (χ3v) is 4.68. The number of nitrogens with zero attached hydrogens (tertiary/aromatic N) is 4. The van der Waals surface area contributed by atoms with Crippen LogP contribution in [0.5, 0.6) is 6.01 Å². The van der Waals surface area contributed by atoms with Crippen LogP contribution >= 0.6 is 23.8 Å². The minimum absolute atomic E-state index is 0.193. The van der Waals surface area contributed by atoms with Gasteiger partial charge >= 0.3 is 6.01 Å². The number of hydrogen-bond donors (Lipinski definition) is 2. The van der Waals surface area contributed by atoms with Crippen LogP contribution in [0.3, 0.4) is 0 Å². The maximum atomic E-state index is 13.2. The average Bonchev–Trinajstić information content (AvgIpc) is 3.33. The van der Waals surface area contributed by atoms with E-state index in [-0.39, 0.29) is 23.2 Å². The summed E-state index contributed by atoms with van der Waals surface area (Å²) in [5.74, 6) is -0.312. The lowest BCUT2D eigenvalue weighted by molar-refractivity contribution is 0.269. The Morgan fingerprint density at radius 1 is 1.17 bits per heavy atom. The SMILES string of the molecule is Fc1ccc(-c2[nH]ncc2/C=N/n2c(OCc3ccccc3Cl)n[nH]c2=S)cc1. The van der Waals surface area contributed by atoms with E-state index in [0.29, 0.717) is 16.3 Å². The Morgan fingerprint density at radius 3 is 2.76 bits per heavy atom. The summed E-state index contributed by atoms with van der Waals surface area (Å²) in [6, 6.07) is 13.6. The second-order valence-corrected chi connectivity index (χ2v) is 6.75. The van der Waals surface area contributed by atoms with Gasteiger partial charge in [0.15, 0.2) is 0 Å². The average molecular weight is 429 g/mol. The quantitative estimate of drug-likeness (QED) is 0.347. The maximum absolute atomic E-state index is 13.2. The largest absolute Gasteiger partial charge is 0.457 e. The van der Waals surface area contributed by atoms with Crippen molar-refractivity contribution in [3.05, 3.63) is 81.5 Å². The highest BCUT2D eigenvalue weighted by Crippen LogP contribution is 2.21. The van der Waals surface area contributed by atoms with Crippen LogP contribution in [-0.2, 0) is 6.61 Å². The van der Waals surface area contributed by atoms with Crippen LogP contribution in [0.2, 0.25) is 5.02 Å². The lowest BCUT2D eigenvalue weighted by Crippen LogP contribution is -2.02. The topological polar surface area (TPSA) is 83.9 Å². The van der Waals surface area contributed by atoms with Gasteiger partial charge in [0, 0.05) is 21.7 Å². The number of ether oxygens (including phenoxy) is 1. The molecule has 10 heteroatoms. The first-order valence-electron chi connectivity index (χ1n) is 8.49. The predicted octanol–water partition coefficient (Wildman–Crippen LogP) is 4.58. The molecular formula is C19H14ClFN6OS. The van der Waals surface area contributed by atoms with Crippen molar-refractivity contribution in [2.45, 2.75) is 6.61 Å². The molecule has 146 valence electrons. The normalized spacial score (nSPS) is 11.2. The Hall–Kier alpha value is -3.30. The molecule has 0 amide bonds. The van der Waals surface area contributed by atoms with E-state index in [1.165, 1.54) is 16.8 Å². The molecule has 0 saturated carbocycles. The van der Waals surface area contributed by atoms with Crippen LogP contribution in [0.15, 0.2) is 59.8 Å². The maximum Gasteiger partial charge on any atom is 0.337 e. The van der Waals surface area contributed by atoms with E-state index in [1.807, 2.05) is 18.2 Å². The number of halogens is 2. The summed E-state index contributed by atoms with van der Waals surface area (Å²) in [4.78, 5) is 0. The van der Waals surface area contributed by atoms with Crippen molar-refractivity contribution in [1.29, 1.82) is 0 Å². The molecule has 0 fully saturated rings. The van der Waals surface area contributed by atoms with E-state index < -0.39 is 0 Å². The van der Waals surface area contributed by atoms with Crippen molar-refractivity contribution in [3.8, 4) is 17.3 Å². The lowest BCUT2D eigenvalue weighted by Gasteiger charge is -2.06. The zero-order valence-electron chi connectivity index (χ0n) is 14.8. The standard InChI is InChI=1S/C19H14ClFN6OS/c20-16-4-2-1-3-13(16)11-28-18-25-26-19(29)27(18)23-10-14-9-22-24-17(14)12-5-7-15(21)8-6-12/h1-10H,11H2,(H,22,24)(H,26,29)/b23-10+. The van der Waals surface area contributed by atoms with Gasteiger partial charge in [-0.1, -0.05) is 29.8 Å². The highest BCUT2D eigenvalue weighted by Gasteiger charge is 2.10. The van der Waals surface area contributed by atoms with Crippen LogP contribution in [0, 0.1) is 10.6 Å². The van der Waals surface area contributed by atoms with Crippen molar-refractivity contribution in [1.82, 2.24) is 25.1 Å². The summed E-state index contributed by atoms with van der Waals surface area (Å²) in [5.41, 5.74) is 2.97. The first kappa shape index (κ1) is 19.0. The van der Waals surface area contributed by atoms with Gasteiger partial charge in [-0.3, -0.25) is 5.10 Å². The van der Waals surface area contributed by atoms with Crippen LogP contribution in [0.4, 0.5) is 4.39 Å². The summed E-state index contributed by atoms with van der Waals surface area (Å²) >= 11 is 11.4. The molecule has 0 aliphatic heterocycles. The number of hydrogen-bond acceptors (Lipinski definition) is 5. The number of nitrogens with one attached hydrogen (secondary N) is 2. The Balaban J connectivity index is 1.57. The second-order valence-electron chi connectivity index (χ2n) is 5.96. The molecule has 0 aliphatic rings. The Bertz CT molecular complexity index is 1210. The molecule has 4 aromatic rings. The minimum atomic E-state index is -0.312.